The van der Waals surface area contributed by atoms with Gasteiger partial charge in [0.05, 0.1) is 7.85 Å². The molecule has 82 valence electrons. The van der Waals surface area contributed by atoms with Gasteiger partial charge in [0.2, 0.25) is 0 Å². The highest BCUT2D eigenvalue weighted by molar-refractivity contribution is 6.23. The van der Waals surface area contributed by atoms with Gasteiger partial charge in [0.25, 0.3) is 0 Å². The maximum atomic E-state index is 11.8. The molecular formula is C14H11BO2. The maximum Gasteiger partial charge on any atom is 0.309 e. The highest BCUT2D eigenvalue weighted by Gasteiger charge is 2.16. The Morgan fingerprint density at radius 2 is 1.47 bits per heavy atom. The van der Waals surface area contributed by atoms with Crippen molar-refractivity contribution >= 4 is 13.8 Å². The van der Waals surface area contributed by atoms with Crippen LogP contribution < -0.4 is 4.74 Å². The molecule has 0 aliphatic heterocycles. The van der Waals surface area contributed by atoms with E-state index in [1.807, 2.05) is 24.3 Å². The average Bonchev–Trinajstić information content (AvgIpc) is 2.40. The van der Waals surface area contributed by atoms with Crippen LogP contribution in [0.2, 0.25) is 0 Å². The number of para-hydroxylation sites is 1. The largest absolute Gasteiger partial charge is 0.427 e. The molecule has 1 atom stereocenters. The first-order valence-corrected chi connectivity index (χ1v) is 5.34. The lowest BCUT2D eigenvalue weighted by Crippen LogP contribution is -2.18. The number of hydrogen-bond donors (Lipinski definition) is 0. The molecule has 1 unspecified atom stereocenters. The van der Waals surface area contributed by atoms with Gasteiger partial charge in [0.15, 0.2) is 0 Å². The van der Waals surface area contributed by atoms with E-state index in [1.165, 1.54) is 0 Å². The minimum atomic E-state index is -0.753. The SMILES string of the molecule is [B]C(C(=O)Oc1ccccc1)c1ccccc1. The van der Waals surface area contributed by atoms with Crippen LogP contribution in [0.1, 0.15) is 11.4 Å². The Hall–Kier alpha value is -2.03. The predicted molar refractivity (Wildman–Crippen MR) is 67.0 cm³/mol. The van der Waals surface area contributed by atoms with E-state index in [4.69, 9.17) is 12.6 Å². The molecule has 0 amide bonds. The number of esters is 1. The number of rotatable bonds is 3. The van der Waals surface area contributed by atoms with Crippen LogP contribution >= 0.6 is 0 Å². The minimum Gasteiger partial charge on any atom is -0.427 e. The summed E-state index contributed by atoms with van der Waals surface area (Å²) in [4.78, 5) is 11.8. The summed E-state index contributed by atoms with van der Waals surface area (Å²) in [6, 6.07) is 18.1. The molecule has 2 aromatic rings. The Balaban J connectivity index is 2.06. The van der Waals surface area contributed by atoms with Crippen LogP contribution in [0, 0.1) is 0 Å². The van der Waals surface area contributed by atoms with E-state index in [1.54, 1.807) is 36.4 Å². The van der Waals surface area contributed by atoms with E-state index in [2.05, 4.69) is 0 Å². The Bertz CT molecular complexity index is 482. The van der Waals surface area contributed by atoms with Gasteiger partial charge in [-0.05, 0) is 17.7 Å². The predicted octanol–water partition coefficient (Wildman–Crippen LogP) is 2.50. The fraction of sp³-hybridized carbons (Fsp3) is 0.0714. The zero-order valence-corrected chi connectivity index (χ0v) is 9.24. The van der Waals surface area contributed by atoms with E-state index in [9.17, 15) is 4.79 Å². The second kappa shape index (κ2) is 5.35. The molecular weight excluding hydrogens is 211 g/mol. The van der Waals surface area contributed by atoms with Gasteiger partial charge in [-0.15, -0.1) is 0 Å². The molecule has 0 spiro atoms. The third-order valence-corrected chi connectivity index (χ3v) is 2.37. The molecule has 3 heteroatoms. The van der Waals surface area contributed by atoms with E-state index in [0.29, 0.717) is 5.75 Å². The molecule has 2 nitrogen and oxygen atoms in total. The molecule has 0 N–H and O–H groups in total. The summed E-state index contributed by atoms with van der Waals surface area (Å²) in [5.74, 6) is -0.706. The summed E-state index contributed by atoms with van der Waals surface area (Å²) in [6.07, 6.45) is 0. The number of carbonyl (C=O) groups is 1. The van der Waals surface area contributed by atoms with Crippen molar-refractivity contribution in [2.75, 3.05) is 0 Å². The van der Waals surface area contributed by atoms with Gasteiger partial charge < -0.3 is 4.74 Å². The van der Waals surface area contributed by atoms with Crippen molar-refractivity contribution in [3.8, 4) is 5.75 Å². The molecule has 2 radical (unpaired) electrons. The first-order chi connectivity index (χ1) is 8.27. The van der Waals surface area contributed by atoms with Crippen molar-refractivity contribution in [3.63, 3.8) is 0 Å². The van der Waals surface area contributed by atoms with Gasteiger partial charge in [-0.25, -0.2) is 0 Å². The molecule has 0 aromatic heterocycles. The zero-order valence-electron chi connectivity index (χ0n) is 9.24. The number of hydrogen-bond acceptors (Lipinski definition) is 2. The van der Waals surface area contributed by atoms with Crippen molar-refractivity contribution < 1.29 is 9.53 Å². The number of benzene rings is 2. The normalized spacial score (nSPS) is 11.8. The van der Waals surface area contributed by atoms with Crippen LogP contribution in [0.25, 0.3) is 0 Å². The summed E-state index contributed by atoms with van der Waals surface area (Å²) < 4.78 is 5.17. The second-order valence-electron chi connectivity index (χ2n) is 3.62. The third kappa shape index (κ3) is 2.97. The Morgan fingerprint density at radius 3 is 2.06 bits per heavy atom. The van der Waals surface area contributed by atoms with E-state index in [-0.39, 0.29) is 0 Å². The van der Waals surface area contributed by atoms with Gasteiger partial charge in [-0.2, -0.15) is 0 Å². The van der Waals surface area contributed by atoms with Crippen LogP contribution in [0.5, 0.6) is 5.75 Å². The summed E-state index contributed by atoms with van der Waals surface area (Å²) in [5.41, 5.74) is 0.744. The lowest BCUT2D eigenvalue weighted by molar-refractivity contribution is -0.134. The van der Waals surface area contributed by atoms with Crippen molar-refractivity contribution in [1.29, 1.82) is 0 Å². The molecule has 0 fully saturated rings. The lowest BCUT2D eigenvalue weighted by Gasteiger charge is -2.11. The molecule has 0 saturated heterocycles. The fourth-order valence-corrected chi connectivity index (χ4v) is 1.46. The van der Waals surface area contributed by atoms with Crippen molar-refractivity contribution in [2.24, 2.45) is 0 Å². The first kappa shape index (κ1) is 11.5. The number of carbonyl (C=O) groups excluding carboxylic acids is 1. The van der Waals surface area contributed by atoms with Crippen molar-refractivity contribution in [1.82, 2.24) is 0 Å². The first-order valence-electron chi connectivity index (χ1n) is 5.34. The van der Waals surface area contributed by atoms with E-state index >= 15 is 0 Å². The van der Waals surface area contributed by atoms with Crippen LogP contribution in [0.4, 0.5) is 0 Å². The zero-order chi connectivity index (χ0) is 12.1. The van der Waals surface area contributed by atoms with Gasteiger partial charge in [0.1, 0.15) is 5.75 Å². The second-order valence-corrected chi connectivity index (χ2v) is 3.62. The van der Waals surface area contributed by atoms with Crippen LogP contribution in [-0.2, 0) is 4.79 Å². The topological polar surface area (TPSA) is 26.3 Å². The monoisotopic (exact) mass is 222 g/mol. The van der Waals surface area contributed by atoms with Crippen LogP contribution in [0.15, 0.2) is 60.7 Å². The van der Waals surface area contributed by atoms with Gasteiger partial charge in [-0.1, -0.05) is 48.5 Å². The minimum absolute atomic E-state index is 0.456. The molecule has 2 rings (SSSR count). The Morgan fingerprint density at radius 1 is 0.941 bits per heavy atom. The number of ether oxygens (including phenoxy) is 1. The quantitative estimate of drug-likeness (QED) is 0.453. The summed E-state index contributed by atoms with van der Waals surface area (Å²) in [7, 11) is 5.81. The molecule has 2 aromatic carbocycles. The molecule has 0 bridgehead atoms. The highest BCUT2D eigenvalue weighted by atomic mass is 16.5. The molecule has 0 aliphatic rings. The Kier molecular flexibility index (Phi) is 3.60. The fourth-order valence-electron chi connectivity index (χ4n) is 1.46. The summed E-state index contributed by atoms with van der Waals surface area (Å²) in [5, 5.41) is 0. The van der Waals surface area contributed by atoms with E-state index < -0.39 is 11.8 Å². The summed E-state index contributed by atoms with van der Waals surface area (Å²) >= 11 is 0. The van der Waals surface area contributed by atoms with Crippen molar-refractivity contribution in [2.45, 2.75) is 5.82 Å². The maximum absolute atomic E-state index is 11.8. The smallest absolute Gasteiger partial charge is 0.309 e. The summed E-state index contributed by atoms with van der Waals surface area (Å²) in [6.45, 7) is 0. The van der Waals surface area contributed by atoms with Crippen LogP contribution in [0.3, 0.4) is 0 Å². The molecule has 0 saturated carbocycles. The molecule has 0 heterocycles. The van der Waals surface area contributed by atoms with Gasteiger partial charge in [-0.3, -0.25) is 4.79 Å². The van der Waals surface area contributed by atoms with Gasteiger partial charge in [0, 0.05) is 5.82 Å². The average molecular weight is 222 g/mol. The molecule has 0 aliphatic carbocycles. The highest BCUT2D eigenvalue weighted by Crippen LogP contribution is 2.16. The third-order valence-electron chi connectivity index (χ3n) is 2.37. The van der Waals surface area contributed by atoms with Crippen LogP contribution in [-0.4, -0.2) is 13.8 Å². The lowest BCUT2D eigenvalue weighted by atomic mass is 9.81. The van der Waals surface area contributed by atoms with Crippen molar-refractivity contribution in [3.05, 3.63) is 66.2 Å². The van der Waals surface area contributed by atoms with Gasteiger partial charge >= 0.3 is 5.97 Å². The molecule has 17 heavy (non-hydrogen) atoms. The Labute approximate surface area is 102 Å². The van der Waals surface area contributed by atoms with E-state index in [0.717, 1.165) is 5.56 Å². The standard InChI is InChI=1S/C14H11BO2/c15-13(11-7-3-1-4-8-11)14(16)17-12-9-5-2-6-10-12/h1-10,13H.